The van der Waals surface area contributed by atoms with Crippen LogP contribution < -0.4 is 5.32 Å². The molecule has 0 bridgehead atoms. The van der Waals surface area contributed by atoms with Crippen LogP contribution >= 0.6 is 0 Å². The van der Waals surface area contributed by atoms with E-state index in [-0.39, 0.29) is 16.7 Å². The van der Waals surface area contributed by atoms with Crippen molar-refractivity contribution >= 4 is 15.9 Å². The second-order valence-corrected chi connectivity index (χ2v) is 6.58. The molecule has 19 heavy (non-hydrogen) atoms. The number of aromatic nitrogens is 2. The average Bonchev–Trinajstić information content (AvgIpc) is 2.85. The van der Waals surface area contributed by atoms with Crippen molar-refractivity contribution in [2.75, 3.05) is 20.1 Å². The van der Waals surface area contributed by atoms with Gasteiger partial charge in [-0.3, -0.25) is 9.48 Å². The summed E-state index contributed by atoms with van der Waals surface area (Å²) in [6.45, 7) is 0.741. The molecule has 1 aliphatic rings. The van der Waals surface area contributed by atoms with Crippen LogP contribution in [0.3, 0.4) is 0 Å². The van der Waals surface area contributed by atoms with Gasteiger partial charge in [-0.2, -0.15) is 9.40 Å². The van der Waals surface area contributed by atoms with E-state index in [0.717, 1.165) is 0 Å². The number of sulfonamides is 1. The zero-order chi connectivity index (χ0) is 14.0. The summed E-state index contributed by atoms with van der Waals surface area (Å²) >= 11 is 0. The van der Waals surface area contributed by atoms with E-state index >= 15 is 0 Å². The monoisotopic (exact) mass is 286 g/mol. The van der Waals surface area contributed by atoms with Crippen molar-refractivity contribution in [3.05, 3.63) is 12.4 Å². The van der Waals surface area contributed by atoms with Crippen LogP contribution in [0.15, 0.2) is 17.3 Å². The third kappa shape index (κ3) is 2.79. The lowest BCUT2D eigenvalue weighted by molar-refractivity contribution is -0.125. The lowest BCUT2D eigenvalue weighted by Crippen LogP contribution is -2.42. The fraction of sp³-hybridized carbons (Fsp3) is 0.636. The van der Waals surface area contributed by atoms with E-state index in [1.165, 1.54) is 21.4 Å². The highest BCUT2D eigenvalue weighted by atomic mass is 32.2. The lowest BCUT2D eigenvalue weighted by Gasteiger charge is -2.29. The Kier molecular flexibility index (Phi) is 3.91. The largest absolute Gasteiger partial charge is 0.359 e. The van der Waals surface area contributed by atoms with Crippen LogP contribution in [0.2, 0.25) is 0 Å². The van der Waals surface area contributed by atoms with Gasteiger partial charge in [-0.15, -0.1) is 0 Å². The summed E-state index contributed by atoms with van der Waals surface area (Å²) < 4.78 is 27.5. The summed E-state index contributed by atoms with van der Waals surface area (Å²) in [5.74, 6) is -0.108. The predicted octanol–water partition coefficient (Wildman–Crippen LogP) is -0.433. The number of aryl methyl sites for hydroxylation is 1. The topological polar surface area (TPSA) is 84.3 Å². The van der Waals surface area contributed by atoms with E-state index in [0.29, 0.717) is 25.9 Å². The van der Waals surface area contributed by atoms with Crippen molar-refractivity contribution in [1.82, 2.24) is 19.4 Å². The summed E-state index contributed by atoms with van der Waals surface area (Å²) in [4.78, 5) is 11.7. The number of nitrogens with one attached hydrogen (secondary N) is 1. The Labute approximate surface area is 112 Å². The maximum atomic E-state index is 12.3. The van der Waals surface area contributed by atoms with Gasteiger partial charge in [0.25, 0.3) is 0 Å². The second kappa shape index (κ2) is 5.30. The highest BCUT2D eigenvalue weighted by Gasteiger charge is 2.32. The molecule has 106 valence electrons. The van der Waals surface area contributed by atoms with Crippen LogP contribution in [0, 0.1) is 5.92 Å². The van der Waals surface area contributed by atoms with Gasteiger partial charge >= 0.3 is 0 Å². The van der Waals surface area contributed by atoms with E-state index in [1.54, 1.807) is 14.1 Å². The predicted molar refractivity (Wildman–Crippen MR) is 68.8 cm³/mol. The minimum Gasteiger partial charge on any atom is -0.359 e. The molecule has 8 heteroatoms. The Bertz CT molecular complexity index is 558. The van der Waals surface area contributed by atoms with Gasteiger partial charge in [-0.1, -0.05) is 0 Å². The fourth-order valence-corrected chi connectivity index (χ4v) is 3.70. The molecule has 1 fully saturated rings. The molecule has 0 unspecified atom stereocenters. The molecule has 1 aromatic rings. The number of amides is 1. The Morgan fingerprint density at radius 3 is 2.53 bits per heavy atom. The van der Waals surface area contributed by atoms with Gasteiger partial charge in [-0.05, 0) is 12.8 Å². The van der Waals surface area contributed by atoms with Crippen LogP contribution in [-0.2, 0) is 21.9 Å². The molecule has 1 saturated heterocycles. The van der Waals surface area contributed by atoms with Crippen LogP contribution in [0.1, 0.15) is 12.8 Å². The van der Waals surface area contributed by atoms with Crippen molar-refractivity contribution in [1.29, 1.82) is 0 Å². The summed E-state index contributed by atoms with van der Waals surface area (Å²) in [5.41, 5.74) is 0. The number of nitrogens with zero attached hydrogens (tertiary/aromatic N) is 3. The normalized spacial score (nSPS) is 18.4. The molecule has 0 aliphatic carbocycles. The first-order chi connectivity index (χ1) is 8.95. The third-order valence-electron chi connectivity index (χ3n) is 3.39. The molecule has 2 rings (SSSR count). The highest BCUT2D eigenvalue weighted by molar-refractivity contribution is 7.89. The molecule has 1 aliphatic heterocycles. The molecule has 0 radical (unpaired) electrons. The molecule has 1 amide bonds. The van der Waals surface area contributed by atoms with E-state index in [1.807, 2.05) is 0 Å². The first-order valence-electron chi connectivity index (χ1n) is 6.15. The number of carbonyl (C=O) groups excluding carboxylic acids is 1. The molecule has 0 saturated carbocycles. The fourth-order valence-electron chi connectivity index (χ4n) is 2.24. The van der Waals surface area contributed by atoms with Crippen LogP contribution in [0.5, 0.6) is 0 Å². The molecule has 1 N–H and O–H groups in total. The first kappa shape index (κ1) is 14.0. The van der Waals surface area contributed by atoms with Crippen LogP contribution in [0.4, 0.5) is 0 Å². The Hall–Kier alpha value is -1.41. The molecule has 0 aromatic carbocycles. The van der Waals surface area contributed by atoms with Gasteiger partial charge in [0.05, 0.1) is 6.20 Å². The van der Waals surface area contributed by atoms with Crippen molar-refractivity contribution in [3.8, 4) is 0 Å². The molecule has 0 spiro atoms. The molecular formula is C11H18N4O3S. The Morgan fingerprint density at radius 1 is 1.42 bits per heavy atom. The average molecular weight is 286 g/mol. The number of rotatable bonds is 3. The Morgan fingerprint density at radius 2 is 2.05 bits per heavy atom. The number of piperidine rings is 1. The summed E-state index contributed by atoms with van der Waals surface area (Å²) in [5, 5.41) is 6.48. The molecule has 0 atom stereocenters. The van der Waals surface area contributed by atoms with E-state index in [4.69, 9.17) is 0 Å². The van der Waals surface area contributed by atoms with E-state index in [2.05, 4.69) is 10.4 Å². The maximum Gasteiger partial charge on any atom is 0.246 e. The van der Waals surface area contributed by atoms with Gasteiger partial charge in [0.15, 0.2) is 0 Å². The van der Waals surface area contributed by atoms with E-state index < -0.39 is 10.0 Å². The molecular weight excluding hydrogens is 268 g/mol. The first-order valence-corrected chi connectivity index (χ1v) is 7.59. The van der Waals surface area contributed by atoms with Gasteiger partial charge in [-0.25, -0.2) is 8.42 Å². The van der Waals surface area contributed by atoms with Gasteiger partial charge < -0.3 is 5.32 Å². The molecule has 7 nitrogen and oxygen atoms in total. The third-order valence-corrected chi connectivity index (χ3v) is 5.24. The van der Waals surface area contributed by atoms with Crippen molar-refractivity contribution in [2.24, 2.45) is 13.0 Å². The minimum atomic E-state index is -3.48. The van der Waals surface area contributed by atoms with Gasteiger partial charge in [0, 0.05) is 39.3 Å². The second-order valence-electron chi connectivity index (χ2n) is 4.64. The van der Waals surface area contributed by atoms with Gasteiger partial charge in [0.2, 0.25) is 15.9 Å². The summed E-state index contributed by atoms with van der Waals surface area (Å²) in [7, 11) is -0.203. The van der Waals surface area contributed by atoms with E-state index in [9.17, 15) is 13.2 Å². The maximum absolute atomic E-state index is 12.3. The quantitative estimate of drug-likeness (QED) is 0.817. The minimum absolute atomic E-state index is 0.0153. The number of hydrogen-bond donors (Lipinski definition) is 1. The van der Waals surface area contributed by atoms with Crippen molar-refractivity contribution < 1.29 is 13.2 Å². The van der Waals surface area contributed by atoms with Crippen LogP contribution in [-0.4, -0.2) is 48.5 Å². The van der Waals surface area contributed by atoms with Crippen molar-refractivity contribution in [3.63, 3.8) is 0 Å². The lowest BCUT2D eigenvalue weighted by atomic mass is 9.97. The smallest absolute Gasteiger partial charge is 0.246 e. The standard InChI is InChI=1S/C11H18N4O3S/c1-12-11(16)9-3-5-15(6-4-9)19(17,18)10-7-13-14(2)8-10/h7-9H,3-6H2,1-2H3,(H,12,16). The zero-order valence-corrected chi connectivity index (χ0v) is 11.9. The van der Waals surface area contributed by atoms with Crippen molar-refractivity contribution in [2.45, 2.75) is 17.7 Å². The van der Waals surface area contributed by atoms with Gasteiger partial charge in [0.1, 0.15) is 4.90 Å². The highest BCUT2D eigenvalue weighted by Crippen LogP contribution is 2.23. The Balaban J connectivity index is 2.07. The number of hydrogen-bond acceptors (Lipinski definition) is 4. The zero-order valence-electron chi connectivity index (χ0n) is 11.0. The SMILES string of the molecule is CNC(=O)C1CCN(S(=O)(=O)c2cnn(C)c2)CC1. The molecule has 1 aromatic heterocycles. The number of carbonyl (C=O) groups is 1. The summed E-state index contributed by atoms with van der Waals surface area (Å²) in [6.07, 6.45) is 3.94. The molecule has 2 heterocycles. The summed E-state index contributed by atoms with van der Waals surface area (Å²) in [6, 6.07) is 0. The van der Waals surface area contributed by atoms with Crippen LogP contribution in [0.25, 0.3) is 0 Å².